The van der Waals surface area contributed by atoms with Crippen LogP contribution in [0.3, 0.4) is 0 Å². The van der Waals surface area contributed by atoms with E-state index < -0.39 is 35.8 Å². The molecule has 1 heterocycles. The van der Waals surface area contributed by atoms with Crippen molar-refractivity contribution >= 4 is 24.0 Å². The maximum absolute atomic E-state index is 12.0. The van der Waals surface area contributed by atoms with Crippen molar-refractivity contribution in [2.45, 2.75) is 54.9 Å². The lowest BCUT2D eigenvalue weighted by Crippen LogP contribution is -2.60. The van der Waals surface area contributed by atoms with Crippen molar-refractivity contribution in [1.82, 2.24) is 0 Å². The first-order valence-corrected chi connectivity index (χ1v) is 12.3. The maximum Gasteiger partial charge on any atom is 0.303 e. The van der Waals surface area contributed by atoms with E-state index in [0.29, 0.717) is 12.9 Å². The van der Waals surface area contributed by atoms with Crippen LogP contribution in [0.15, 0.2) is 95.9 Å². The first-order chi connectivity index (χ1) is 17.1. The molecule has 1 saturated heterocycles. The number of aldehydes is 1. The molecule has 0 spiro atoms. The molecule has 1 aliphatic heterocycles. The average Bonchev–Trinajstić information content (AvgIpc) is 2.89. The molecule has 0 radical (unpaired) electrons. The predicted octanol–water partition coefficient (Wildman–Crippen LogP) is 4.81. The third kappa shape index (κ3) is 7.02. The van der Waals surface area contributed by atoms with Crippen LogP contribution in [-0.4, -0.2) is 42.1 Å². The Labute approximate surface area is 209 Å². The fourth-order valence-corrected chi connectivity index (χ4v) is 5.03. The quantitative estimate of drug-likeness (QED) is 0.297. The van der Waals surface area contributed by atoms with Gasteiger partial charge in [-0.3, -0.25) is 4.79 Å². The molecule has 0 saturated carbocycles. The van der Waals surface area contributed by atoms with E-state index >= 15 is 0 Å². The molecule has 0 unspecified atom stereocenters. The van der Waals surface area contributed by atoms with E-state index in [-0.39, 0.29) is 6.61 Å². The normalized spacial score (nSPS) is 24.0. The second-order valence-electron chi connectivity index (χ2n) is 8.13. The number of thioether (sulfide) groups is 1. The number of hydrogen-bond acceptors (Lipinski definition) is 7. The highest BCUT2D eigenvalue weighted by atomic mass is 32.2. The van der Waals surface area contributed by atoms with Crippen molar-refractivity contribution in [3.05, 3.63) is 102 Å². The molecule has 7 heteroatoms. The molecule has 0 bridgehead atoms. The third-order valence-electron chi connectivity index (χ3n) is 5.53. The zero-order chi connectivity index (χ0) is 24.5. The van der Waals surface area contributed by atoms with Crippen molar-refractivity contribution in [2.24, 2.45) is 0 Å². The summed E-state index contributed by atoms with van der Waals surface area (Å²) < 4.78 is 24.4. The minimum Gasteiger partial charge on any atom is -0.456 e. The molecular formula is C28H28O6S. The highest BCUT2D eigenvalue weighted by Crippen LogP contribution is 2.37. The number of rotatable bonds is 10. The van der Waals surface area contributed by atoms with Crippen LogP contribution in [0.25, 0.3) is 0 Å². The third-order valence-corrected chi connectivity index (χ3v) is 6.69. The van der Waals surface area contributed by atoms with Crippen molar-refractivity contribution < 1.29 is 28.5 Å². The van der Waals surface area contributed by atoms with Crippen LogP contribution in [0.5, 0.6) is 0 Å². The molecule has 1 aliphatic rings. The summed E-state index contributed by atoms with van der Waals surface area (Å²) >= 11 is 1.45. The van der Waals surface area contributed by atoms with E-state index in [0.717, 1.165) is 16.0 Å². The number of hydrogen-bond donors (Lipinski definition) is 0. The average molecular weight is 493 g/mol. The summed E-state index contributed by atoms with van der Waals surface area (Å²) in [5.41, 5.74) is 1.38. The van der Waals surface area contributed by atoms with E-state index in [1.807, 2.05) is 91.0 Å². The van der Waals surface area contributed by atoms with Crippen molar-refractivity contribution in [3.8, 4) is 0 Å². The summed E-state index contributed by atoms with van der Waals surface area (Å²) in [6, 6.07) is 29.2. The molecular weight excluding hydrogens is 464 g/mol. The summed E-state index contributed by atoms with van der Waals surface area (Å²) in [6.07, 6.45) is -2.62. The van der Waals surface area contributed by atoms with Gasteiger partial charge in [0.2, 0.25) is 0 Å². The second kappa shape index (κ2) is 12.7. The molecule has 3 aromatic rings. The maximum atomic E-state index is 12.0. The van der Waals surface area contributed by atoms with E-state index in [4.69, 9.17) is 18.9 Å². The standard InChI is InChI=1S/C28H28O6S/c1-20(30)33-25-24(17-29)34-28(35-23-15-9-4-10-16-23)27(32-19-22-13-7-3-8-14-22)26(25)31-18-21-11-5-2-6-12-21/h2-17,24-28H,18-19H2,1H3/t24-,25-,26+,27+,28-/m1/s1. The number of carbonyl (C=O) groups excluding carboxylic acids is 2. The Morgan fingerprint density at radius 1 is 0.800 bits per heavy atom. The molecule has 35 heavy (non-hydrogen) atoms. The lowest BCUT2D eigenvalue weighted by atomic mass is 9.99. The van der Waals surface area contributed by atoms with Gasteiger partial charge in [0.1, 0.15) is 17.6 Å². The van der Waals surface area contributed by atoms with E-state index in [2.05, 4.69) is 0 Å². The summed E-state index contributed by atoms with van der Waals surface area (Å²) in [7, 11) is 0. The van der Waals surface area contributed by atoms with Crippen molar-refractivity contribution in [2.75, 3.05) is 0 Å². The smallest absolute Gasteiger partial charge is 0.303 e. The highest BCUT2D eigenvalue weighted by Gasteiger charge is 2.49. The number of carbonyl (C=O) groups is 2. The van der Waals surface area contributed by atoms with Crippen LogP contribution < -0.4 is 0 Å². The topological polar surface area (TPSA) is 71.1 Å². The van der Waals surface area contributed by atoms with Gasteiger partial charge in [-0.05, 0) is 23.3 Å². The van der Waals surface area contributed by atoms with Crippen LogP contribution >= 0.6 is 11.8 Å². The van der Waals surface area contributed by atoms with Crippen molar-refractivity contribution in [3.63, 3.8) is 0 Å². The van der Waals surface area contributed by atoms with E-state index in [1.165, 1.54) is 18.7 Å². The van der Waals surface area contributed by atoms with Gasteiger partial charge in [-0.15, -0.1) is 0 Å². The molecule has 0 N–H and O–H groups in total. The fraction of sp³-hybridized carbons (Fsp3) is 0.286. The SMILES string of the molecule is CC(=O)O[C@H]1[C@H](OCc2ccccc2)[C@H](OCc2ccccc2)[C@@H](Sc2ccccc2)O[C@@H]1C=O. The zero-order valence-electron chi connectivity index (χ0n) is 19.4. The molecule has 3 aromatic carbocycles. The van der Waals surface area contributed by atoms with Gasteiger partial charge in [0.15, 0.2) is 18.5 Å². The van der Waals surface area contributed by atoms with Gasteiger partial charge < -0.3 is 23.7 Å². The van der Waals surface area contributed by atoms with Crippen molar-refractivity contribution in [1.29, 1.82) is 0 Å². The minimum atomic E-state index is -0.988. The first-order valence-electron chi connectivity index (χ1n) is 11.4. The summed E-state index contributed by atoms with van der Waals surface area (Å²) in [5, 5.41) is 0. The Hall–Kier alpha value is -2.97. The molecule has 182 valence electrons. The Morgan fingerprint density at radius 3 is 1.83 bits per heavy atom. The monoisotopic (exact) mass is 492 g/mol. The molecule has 1 fully saturated rings. The Bertz CT molecular complexity index is 1060. The predicted molar refractivity (Wildman–Crippen MR) is 133 cm³/mol. The van der Waals surface area contributed by atoms with E-state index in [9.17, 15) is 9.59 Å². The second-order valence-corrected chi connectivity index (χ2v) is 9.30. The lowest BCUT2D eigenvalue weighted by molar-refractivity contribution is -0.234. The van der Waals surface area contributed by atoms with Crippen LogP contribution in [0, 0.1) is 0 Å². The molecule has 4 rings (SSSR count). The largest absolute Gasteiger partial charge is 0.456 e. The Kier molecular flexibility index (Phi) is 9.08. The number of ether oxygens (including phenoxy) is 4. The van der Waals surface area contributed by atoms with Gasteiger partial charge in [-0.1, -0.05) is 90.6 Å². The van der Waals surface area contributed by atoms with Crippen LogP contribution in [0.4, 0.5) is 0 Å². The highest BCUT2D eigenvalue weighted by molar-refractivity contribution is 7.99. The molecule has 5 atom stereocenters. The molecule has 0 aromatic heterocycles. The van der Waals surface area contributed by atoms with Gasteiger partial charge in [0, 0.05) is 11.8 Å². The summed E-state index contributed by atoms with van der Waals surface area (Å²) in [4.78, 5) is 25.0. The molecule has 0 aliphatic carbocycles. The number of benzene rings is 3. The van der Waals surface area contributed by atoms with Gasteiger partial charge in [0.25, 0.3) is 0 Å². The molecule has 6 nitrogen and oxygen atoms in total. The Balaban J connectivity index is 1.64. The van der Waals surface area contributed by atoms with Gasteiger partial charge in [-0.25, -0.2) is 0 Å². The van der Waals surface area contributed by atoms with Crippen LogP contribution in [0.1, 0.15) is 18.1 Å². The first kappa shape index (κ1) is 25.1. The van der Waals surface area contributed by atoms with Crippen LogP contribution in [-0.2, 0) is 41.8 Å². The van der Waals surface area contributed by atoms with Gasteiger partial charge in [-0.2, -0.15) is 0 Å². The fourth-order valence-electron chi connectivity index (χ4n) is 3.90. The Morgan fingerprint density at radius 2 is 1.31 bits per heavy atom. The zero-order valence-corrected chi connectivity index (χ0v) is 20.2. The summed E-state index contributed by atoms with van der Waals surface area (Å²) in [6.45, 7) is 1.88. The minimum absolute atomic E-state index is 0.267. The molecule has 0 amide bonds. The van der Waals surface area contributed by atoms with Crippen LogP contribution in [0.2, 0.25) is 0 Å². The van der Waals surface area contributed by atoms with Gasteiger partial charge >= 0.3 is 5.97 Å². The van der Waals surface area contributed by atoms with E-state index in [1.54, 1.807) is 0 Å². The number of esters is 1. The lowest BCUT2D eigenvalue weighted by Gasteiger charge is -2.44. The summed E-state index contributed by atoms with van der Waals surface area (Å²) in [5.74, 6) is -0.519. The van der Waals surface area contributed by atoms with Gasteiger partial charge in [0.05, 0.1) is 13.2 Å².